The number of nitrogens with one attached hydrogen (secondary N) is 1. The number of carboxylic acids is 2. The van der Waals surface area contributed by atoms with Crippen molar-refractivity contribution in [3.05, 3.63) is 63.8 Å². The third-order valence-electron chi connectivity index (χ3n) is 5.33. The summed E-state index contributed by atoms with van der Waals surface area (Å²) in [6.45, 7) is -0.809. The van der Waals surface area contributed by atoms with Crippen LogP contribution in [0.1, 0.15) is 16.8 Å². The monoisotopic (exact) mass is 554 g/mol. The zero-order valence-electron chi connectivity index (χ0n) is 19.2. The van der Waals surface area contributed by atoms with Crippen LogP contribution < -0.4 is 11.1 Å². The molecular weight excluding hydrogens is 536 g/mol. The van der Waals surface area contributed by atoms with Gasteiger partial charge in [-0.2, -0.15) is 5.26 Å². The number of amides is 2. The highest BCUT2D eigenvalue weighted by Crippen LogP contribution is 2.40. The standard InChI is InChI=1S/C23H18N6O7S2/c24-7-12-3-1-11(2-4-12)5-6-13-9-37-21-17(20(33)29(21)18(13)22(34)35)27-19(32)16(28-36-8-15(30)31)14-10-38-23(25)26-14/h1-6,10,17,21H,8-9H2,(H2,25,26)(H,27,32)(H,30,31)(H,34,35)/b6-5+,28-16+. The average Bonchev–Trinajstić information content (AvgIpc) is 3.33. The van der Waals surface area contributed by atoms with Crippen molar-refractivity contribution >= 4 is 63.8 Å². The number of thioether (sulfide) groups is 1. The van der Waals surface area contributed by atoms with Gasteiger partial charge in [-0.1, -0.05) is 29.4 Å². The van der Waals surface area contributed by atoms with Gasteiger partial charge in [0.15, 0.2) is 10.8 Å². The van der Waals surface area contributed by atoms with Gasteiger partial charge in [-0.3, -0.25) is 14.5 Å². The summed E-state index contributed by atoms with van der Waals surface area (Å²) in [6, 6.07) is 7.65. The maximum atomic E-state index is 13.0. The van der Waals surface area contributed by atoms with Gasteiger partial charge in [0.2, 0.25) is 6.61 Å². The number of fused-ring (bicyclic) bond motifs is 1. The van der Waals surface area contributed by atoms with E-state index in [1.54, 1.807) is 36.4 Å². The van der Waals surface area contributed by atoms with E-state index in [1.807, 2.05) is 6.07 Å². The summed E-state index contributed by atoms with van der Waals surface area (Å²) in [5.41, 5.74) is 6.70. The van der Waals surface area contributed by atoms with E-state index in [-0.39, 0.29) is 28.0 Å². The Kier molecular flexibility index (Phi) is 7.74. The number of allylic oxidation sites excluding steroid dienone is 1. The molecule has 15 heteroatoms. The number of thiazole rings is 1. The van der Waals surface area contributed by atoms with E-state index in [9.17, 15) is 24.3 Å². The second-order valence-corrected chi connectivity index (χ2v) is 9.78. The molecule has 1 fully saturated rings. The van der Waals surface area contributed by atoms with Crippen LogP contribution in [0.3, 0.4) is 0 Å². The molecule has 1 saturated heterocycles. The predicted molar refractivity (Wildman–Crippen MR) is 137 cm³/mol. The number of nitriles is 1. The molecule has 2 amide bonds. The molecule has 2 aromatic rings. The Labute approximate surface area is 222 Å². The van der Waals surface area contributed by atoms with Crippen LogP contribution >= 0.6 is 23.1 Å². The van der Waals surface area contributed by atoms with Gasteiger partial charge < -0.3 is 26.1 Å². The number of nitrogens with zero attached hydrogens (tertiary/aromatic N) is 4. The van der Waals surface area contributed by atoms with Gasteiger partial charge >= 0.3 is 11.9 Å². The highest BCUT2D eigenvalue weighted by atomic mass is 32.2. The summed E-state index contributed by atoms with van der Waals surface area (Å²) in [7, 11) is 0. The Morgan fingerprint density at radius 1 is 1.29 bits per heavy atom. The molecule has 2 aliphatic rings. The van der Waals surface area contributed by atoms with Gasteiger partial charge in [0.25, 0.3) is 11.8 Å². The number of hydrogen-bond acceptors (Lipinski definition) is 11. The molecule has 38 heavy (non-hydrogen) atoms. The fourth-order valence-corrected chi connectivity index (χ4v) is 5.47. The third-order valence-corrected chi connectivity index (χ3v) is 7.30. The first-order valence-electron chi connectivity index (χ1n) is 10.7. The SMILES string of the molecule is N#Cc1ccc(/C=C/C2=C(C(=O)O)N3C(=O)C(NC(=O)/C(=N/OCC(=O)O)c4csc(N)n4)C3SC2)cc1. The summed E-state index contributed by atoms with van der Waals surface area (Å²) in [4.78, 5) is 58.5. The normalized spacial score (nSPS) is 19.0. The van der Waals surface area contributed by atoms with Gasteiger partial charge in [0.05, 0.1) is 11.6 Å². The molecule has 0 saturated carbocycles. The van der Waals surface area contributed by atoms with Crippen molar-refractivity contribution in [2.24, 2.45) is 5.16 Å². The molecule has 1 aromatic carbocycles. The van der Waals surface area contributed by atoms with E-state index in [4.69, 9.17) is 16.1 Å². The van der Waals surface area contributed by atoms with Crippen LogP contribution in [-0.4, -0.2) is 73.3 Å². The molecule has 3 heterocycles. The second kappa shape index (κ2) is 11.2. The first kappa shape index (κ1) is 26.4. The van der Waals surface area contributed by atoms with Crippen LogP contribution in [0.25, 0.3) is 6.08 Å². The molecule has 2 aliphatic heterocycles. The number of oxime groups is 1. The fraction of sp³-hybridized carbons (Fsp3) is 0.174. The summed E-state index contributed by atoms with van der Waals surface area (Å²) >= 11 is 2.28. The van der Waals surface area contributed by atoms with Gasteiger partial charge in [0, 0.05) is 11.1 Å². The number of aromatic nitrogens is 1. The molecule has 0 aliphatic carbocycles. The minimum atomic E-state index is -1.31. The molecule has 0 radical (unpaired) electrons. The van der Waals surface area contributed by atoms with Crippen molar-refractivity contribution < 1.29 is 34.2 Å². The highest BCUT2D eigenvalue weighted by molar-refractivity contribution is 8.00. The fourth-order valence-electron chi connectivity index (χ4n) is 3.60. The number of rotatable bonds is 9. The number of β-lactam (4-membered cyclic amide) rings is 1. The van der Waals surface area contributed by atoms with E-state index in [2.05, 4.69) is 20.3 Å². The molecule has 0 bridgehead atoms. The minimum absolute atomic E-state index is 0.0247. The lowest BCUT2D eigenvalue weighted by molar-refractivity contribution is -0.150. The first-order chi connectivity index (χ1) is 18.2. The number of hydrogen-bond donors (Lipinski definition) is 4. The Bertz CT molecular complexity index is 1440. The number of anilines is 1. The maximum absolute atomic E-state index is 13.0. The summed E-state index contributed by atoms with van der Waals surface area (Å²) in [6.07, 6.45) is 3.29. The largest absolute Gasteiger partial charge is 0.479 e. The van der Waals surface area contributed by atoms with Gasteiger partial charge in [0.1, 0.15) is 22.8 Å². The van der Waals surface area contributed by atoms with Gasteiger partial charge in [-0.05, 0) is 23.3 Å². The minimum Gasteiger partial charge on any atom is -0.479 e. The number of nitrogens with two attached hydrogens (primary N) is 1. The van der Waals surface area contributed by atoms with Crippen LogP contribution in [0.15, 0.2) is 52.1 Å². The summed E-state index contributed by atoms with van der Waals surface area (Å²) in [5, 5.41) is 34.4. The van der Waals surface area contributed by atoms with Crippen LogP contribution in [0.4, 0.5) is 5.13 Å². The molecule has 5 N–H and O–H groups in total. The number of aliphatic carboxylic acids is 2. The molecule has 2 unspecified atom stereocenters. The summed E-state index contributed by atoms with van der Waals surface area (Å²) in [5.74, 6) is -3.87. The Balaban J connectivity index is 1.52. The van der Waals surface area contributed by atoms with Crippen molar-refractivity contribution in [1.29, 1.82) is 5.26 Å². The molecule has 1 aromatic heterocycles. The number of carbonyl (C=O) groups excluding carboxylic acids is 2. The quantitative estimate of drug-likeness (QED) is 0.194. The molecule has 194 valence electrons. The number of benzene rings is 1. The van der Waals surface area contributed by atoms with Crippen molar-refractivity contribution in [3.63, 3.8) is 0 Å². The average molecular weight is 555 g/mol. The Morgan fingerprint density at radius 2 is 2.03 bits per heavy atom. The van der Waals surface area contributed by atoms with Gasteiger partial charge in [-0.25, -0.2) is 14.6 Å². The lowest BCUT2D eigenvalue weighted by Crippen LogP contribution is -2.71. The highest BCUT2D eigenvalue weighted by Gasteiger charge is 2.54. The zero-order valence-corrected chi connectivity index (χ0v) is 20.9. The van der Waals surface area contributed by atoms with Crippen molar-refractivity contribution in [2.75, 3.05) is 18.1 Å². The number of carboxylic acid groups (broad SMARTS) is 2. The van der Waals surface area contributed by atoms with E-state index in [1.165, 1.54) is 17.1 Å². The molecule has 2 atom stereocenters. The van der Waals surface area contributed by atoms with Crippen molar-refractivity contribution in [1.82, 2.24) is 15.2 Å². The molecule has 13 nitrogen and oxygen atoms in total. The van der Waals surface area contributed by atoms with Crippen molar-refractivity contribution in [2.45, 2.75) is 11.4 Å². The van der Waals surface area contributed by atoms with Gasteiger partial charge in [-0.15, -0.1) is 23.1 Å². The Hall–Kier alpha value is -4.68. The maximum Gasteiger partial charge on any atom is 0.352 e. The molecule has 4 rings (SSSR count). The van der Waals surface area contributed by atoms with Crippen LogP contribution in [0, 0.1) is 11.3 Å². The lowest BCUT2D eigenvalue weighted by atomic mass is 10.0. The van der Waals surface area contributed by atoms with E-state index < -0.39 is 41.8 Å². The number of carbonyl (C=O) groups is 4. The Morgan fingerprint density at radius 3 is 2.63 bits per heavy atom. The lowest BCUT2D eigenvalue weighted by Gasteiger charge is -2.49. The van der Waals surface area contributed by atoms with Crippen LogP contribution in [-0.2, 0) is 24.0 Å². The van der Waals surface area contributed by atoms with Crippen LogP contribution in [0.2, 0.25) is 0 Å². The van der Waals surface area contributed by atoms with Crippen molar-refractivity contribution in [3.8, 4) is 6.07 Å². The molecular formula is C23H18N6O7S2. The zero-order chi connectivity index (χ0) is 27.4. The topological polar surface area (TPSA) is 208 Å². The van der Waals surface area contributed by atoms with E-state index in [0.717, 1.165) is 21.8 Å². The second-order valence-electron chi connectivity index (χ2n) is 7.79. The summed E-state index contributed by atoms with van der Waals surface area (Å²) < 4.78 is 0. The van der Waals surface area contributed by atoms with E-state index in [0.29, 0.717) is 11.1 Å². The predicted octanol–water partition coefficient (Wildman–Crippen LogP) is 0.854. The third kappa shape index (κ3) is 5.51. The number of nitrogen functional groups attached to an aromatic ring is 1. The smallest absolute Gasteiger partial charge is 0.352 e. The van der Waals surface area contributed by atoms with Crippen LogP contribution in [0.5, 0.6) is 0 Å². The van der Waals surface area contributed by atoms with E-state index >= 15 is 0 Å². The molecule has 0 spiro atoms. The first-order valence-corrected chi connectivity index (χ1v) is 12.7.